The van der Waals surface area contributed by atoms with E-state index in [1.165, 1.54) is 0 Å². The van der Waals surface area contributed by atoms with Crippen LogP contribution in [0.2, 0.25) is 0 Å². The molecule has 0 bridgehead atoms. The van der Waals surface area contributed by atoms with Crippen LogP contribution in [-0.4, -0.2) is 19.8 Å². The zero-order chi connectivity index (χ0) is 26.6. The molecule has 5 rings (SSSR count). The van der Waals surface area contributed by atoms with Crippen molar-refractivity contribution in [3.8, 4) is 22.3 Å². The second kappa shape index (κ2) is 10.9. The molecule has 190 valence electrons. The highest BCUT2D eigenvalue weighted by molar-refractivity contribution is 5.98. The van der Waals surface area contributed by atoms with Crippen LogP contribution in [0.1, 0.15) is 35.7 Å². The Hall–Kier alpha value is -4.48. The van der Waals surface area contributed by atoms with Crippen LogP contribution in [0.15, 0.2) is 114 Å². The standard InChI is InChI=1S/C33H31N3O2/c1-5-6-7-10-22(2)33(30-11-8-9-18-34-30)36-20-29(26-14-12-25(21-37)13-15-26)28-17-16-27(19-31(28)36)32-23(3)35-38-24(32)4/h5-20,33,37H,2,21H2,1,3-4H3/b6-5-,10-7-/t33-/m0/s1. The van der Waals surface area contributed by atoms with Crippen molar-refractivity contribution in [2.24, 2.45) is 0 Å². The molecule has 0 amide bonds. The van der Waals surface area contributed by atoms with Crippen molar-refractivity contribution in [1.29, 1.82) is 0 Å². The van der Waals surface area contributed by atoms with Gasteiger partial charge in [0.25, 0.3) is 0 Å². The summed E-state index contributed by atoms with van der Waals surface area (Å²) in [7, 11) is 0. The SMILES string of the molecule is C=C(/C=C\C=C/C)[C@@H](c1ccccn1)n1cc(-c2ccc(CO)cc2)c2ccc(-c3c(C)noc3C)cc21. The fourth-order valence-electron chi connectivity index (χ4n) is 4.97. The van der Waals surface area contributed by atoms with Crippen LogP contribution in [0.5, 0.6) is 0 Å². The van der Waals surface area contributed by atoms with Crippen LogP contribution in [-0.2, 0) is 6.61 Å². The summed E-state index contributed by atoms with van der Waals surface area (Å²) in [6.45, 7) is 10.4. The molecule has 0 unspecified atom stereocenters. The Morgan fingerprint density at radius 3 is 2.50 bits per heavy atom. The van der Waals surface area contributed by atoms with Gasteiger partial charge in [-0.2, -0.15) is 0 Å². The van der Waals surface area contributed by atoms with E-state index in [9.17, 15) is 5.11 Å². The van der Waals surface area contributed by atoms with Crippen LogP contribution >= 0.6 is 0 Å². The van der Waals surface area contributed by atoms with Crippen LogP contribution in [0.25, 0.3) is 33.2 Å². The number of nitrogens with zero attached hydrogens (tertiary/aromatic N) is 3. The summed E-state index contributed by atoms with van der Waals surface area (Å²) in [4.78, 5) is 4.73. The topological polar surface area (TPSA) is 64.1 Å². The van der Waals surface area contributed by atoms with Gasteiger partial charge in [-0.25, -0.2) is 0 Å². The number of aliphatic hydroxyl groups is 1. The molecule has 5 heteroatoms. The number of hydrogen-bond donors (Lipinski definition) is 1. The van der Waals surface area contributed by atoms with Gasteiger partial charge in [0.2, 0.25) is 0 Å². The molecule has 0 radical (unpaired) electrons. The molecule has 0 aliphatic carbocycles. The van der Waals surface area contributed by atoms with Gasteiger partial charge in [-0.15, -0.1) is 0 Å². The Morgan fingerprint density at radius 2 is 1.84 bits per heavy atom. The predicted molar refractivity (Wildman–Crippen MR) is 154 cm³/mol. The summed E-state index contributed by atoms with van der Waals surface area (Å²) in [6, 6.07) is 20.3. The number of allylic oxidation sites excluding steroid dienone is 5. The fourth-order valence-corrected chi connectivity index (χ4v) is 4.97. The average Bonchev–Trinajstić information content (AvgIpc) is 3.48. The van der Waals surface area contributed by atoms with E-state index >= 15 is 0 Å². The molecular weight excluding hydrogens is 470 g/mol. The third-order valence-electron chi connectivity index (χ3n) is 6.81. The van der Waals surface area contributed by atoms with Gasteiger partial charge in [-0.3, -0.25) is 4.98 Å². The van der Waals surface area contributed by atoms with E-state index in [0.29, 0.717) is 0 Å². The molecule has 5 nitrogen and oxygen atoms in total. The number of aliphatic hydroxyl groups excluding tert-OH is 1. The number of rotatable bonds is 8. The van der Waals surface area contributed by atoms with Crippen molar-refractivity contribution in [2.75, 3.05) is 0 Å². The van der Waals surface area contributed by atoms with Gasteiger partial charge >= 0.3 is 0 Å². The lowest BCUT2D eigenvalue weighted by atomic mass is 9.99. The number of pyridine rings is 1. The molecule has 0 saturated carbocycles. The van der Waals surface area contributed by atoms with Crippen molar-refractivity contribution < 1.29 is 9.63 Å². The molecule has 1 atom stereocenters. The van der Waals surface area contributed by atoms with Crippen molar-refractivity contribution >= 4 is 10.9 Å². The minimum absolute atomic E-state index is 0.0168. The first-order valence-electron chi connectivity index (χ1n) is 12.7. The minimum atomic E-state index is -0.217. The first kappa shape index (κ1) is 25.2. The van der Waals surface area contributed by atoms with Gasteiger partial charge < -0.3 is 14.2 Å². The summed E-state index contributed by atoms with van der Waals surface area (Å²) in [5.41, 5.74) is 8.85. The Morgan fingerprint density at radius 1 is 1.05 bits per heavy atom. The zero-order valence-corrected chi connectivity index (χ0v) is 21.9. The van der Waals surface area contributed by atoms with Crippen molar-refractivity contribution in [2.45, 2.75) is 33.4 Å². The summed E-state index contributed by atoms with van der Waals surface area (Å²) in [5.74, 6) is 0.791. The van der Waals surface area contributed by atoms with Crippen LogP contribution < -0.4 is 0 Å². The molecule has 3 heterocycles. The third kappa shape index (κ3) is 4.76. The Bertz CT molecular complexity index is 1620. The van der Waals surface area contributed by atoms with E-state index in [0.717, 1.165) is 61.4 Å². The highest BCUT2D eigenvalue weighted by Gasteiger charge is 2.23. The molecule has 0 spiro atoms. The highest BCUT2D eigenvalue weighted by Crippen LogP contribution is 2.39. The number of fused-ring (bicyclic) bond motifs is 1. The number of aromatic nitrogens is 3. The van der Waals surface area contributed by atoms with Crippen molar-refractivity contribution in [3.63, 3.8) is 0 Å². The number of hydrogen-bond acceptors (Lipinski definition) is 4. The van der Waals surface area contributed by atoms with Crippen molar-refractivity contribution in [3.05, 3.63) is 132 Å². The molecule has 1 N–H and O–H groups in total. The van der Waals surface area contributed by atoms with E-state index in [4.69, 9.17) is 9.51 Å². The van der Waals surface area contributed by atoms with E-state index < -0.39 is 0 Å². The second-order valence-corrected chi connectivity index (χ2v) is 9.35. The molecule has 0 aliphatic rings. The van der Waals surface area contributed by atoms with Gasteiger partial charge in [0.05, 0.1) is 23.5 Å². The van der Waals surface area contributed by atoms with Crippen LogP contribution in [0, 0.1) is 13.8 Å². The average molecular weight is 502 g/mol. The summed E-state index contributed by atoms with van der Waals surface area (Å²) < 4.78 is 7.74. The highest BCUT2D eigenvalue weighted by atomic mass is 16.5. The Labute approximate surface area is 223 Å². The van der Waals surface area contributed by atoms with Crippen LogP contribution in [0.3, 0.4) is 0 Å². The third-order valence-corrected chi connectivity index (χ3v) is 6.81. The summed E-state index contributed by atoms with van der Waals surface area (Å²) in [5, 5.41) is 14.8. The molecular formula is C33H31N3O2. The maximum atomic E-state index is 9.54. The lowest BCUT2D eigenvalue weighted by Gasteiger charge is -2.21. The van der Waals surface area contributed by atoms with E-state index in [2.05, 4.69) is 52.8 Å². The molecule has 5 aromatic rings. The lowest BCUT2D eigenvalue weighted by Crippen LogP contribution is -2.12. The monoisotopic (exact) mass is 501 g/mol. The summed E-state index contributed by atoms with van der Waals surface area (Å²) in [6.07, 6.45) is 12.0. The minimum Gasteiger partial charge on any atom is -0.392 e. The number of aryl methyl sites for hydroxylation is 2. The van der Waals surface area contributed by atoms with Crippen molar-refractivity contribution in [1.82, 2.24) is 14.7 Å². The molecule has 0 fully saturated rings. The molecule has 3 aromatic heterocycles. The maximum Gasteiger partial charge on any atom is 0.141 e. The first-order valence-corrected chi connectivity index (χ1v) is 12.7. The van der Waals surface area contributed by atoms with E-state index in [1.54, 1.807) is 0 Å². The first-order chi connectivity index (χ1) is 18.5. The Balaban J connectivity index is 1.77. The lowest BCUT2D eigenvalue weighted by molar-refractivity contribution is 0.282. The van der Waals surface area contributed by atoms with E-state index in [1.807, 2.05) is 81.6 Å². The van der Waals surface area contributed by atoms with Gasteiger partial charge in [-0.05, 0) is 61.2 Å². The second-order valence-electron chi connectivity index (χ2n) is 9.35. The summed E-state index contributed by atoms with van der Waals surface area (Å²) >= 11 is 0. The normalized spacial score (nSPS) is 12.6. The fraction of sp³-hybridized carbons (Fsp3) is 0.152. The largest absolute Gasteiger partial charge is 0.392 e. The quantitative estimate of drug-likeness (QED) is 0.221. The predicted octanol–water partition coefficient (Wildman–Crippen LogP) is 7.75. The smallest absolute Gasteiger partial charge is 0.141 e. The van der Waals surface area contributed by atoms with Gasteiger partial charge in [0.15, 0.2) is 0 Å². The Kier molecular flexibility index (Phi) is 7.20. The molecule has 2 aromatic carbocycles. The van der Waals surface area contributed by atoms with Gasteiger partial charge in [0, 0.05) is 28.9 Å². The molecule has 0 saturated heterocycles. The van der Waals surface area contributed by atoms with E-state index in [-0.39, 0.29) is 12.6 Å². The maximum absolute atomic E-state index is 9.54. The zero-order valence-electron chi connectivity index (χ0n) is 21.9. The van der Waals surface area contributed by atoms with Gasteiger partial charge in [0.1, 0.15) is 11.8 Å². The molecule has 0 aliphatic heterocycles. The number of benzene rings is 2. The van der Waals surface area contributed by atoms with Gasteiger partial charge in [-0.1, -0.05) is 78.5 Å². The van der Waals surface area contributed by atoms with Crippen LogP contribution in [0.4, 0.5) is 0 Å². The molecule has 38 heavy (non-hydrogen) atoms.